The molecule has 0 amide bonds. The van der Waals surface area contributed by atoms with Gasteiger partial charge >= 0.3 is 0 Å². The van der Waals surface area contributed by atoms with E-state index >= 15 is 0 Å². The van der Waals surface area contributed by atoms with Crippen LogP contribution in [0.1, 0.15) is 30.2 Å². The molecular weight excluding hydrogens is 549 g/mol. The fourth-order valence-corrected chi connectivity index (χ4v) is 5.51. The Morgan fingerprint density at radius 2 is 1.87 bits per heavy atom. The molecule has 0 aliphatic rings. The first-order chi connectivity index (χ1) is 18.3. The van der Waals surface area contributed by atoms with Gasteiger partial charge in [0, 0.05) is 35.1 Å². The van der Waals surface area contributed by atoms with E-state index in [0.717, 1.165) is 11.3 Å². The molecule has 0 aliphatic heterocycles. The first-order valence-corrected chi connectivity index (χ1v) is 13.6. The summed E-state index contributed by atoms with van der Waals surface area (Å²) in [5.74, 6) is -0.0209. The lowest BCUT2D eigenvalue weighted by Crippen LogP contribution is -2.24. The van der Waals surface area contributed by atoms with E-state index in [1.54, 1.807) is 42.6 Å². The molecule has 0 spiro atoms. The zero-order valence-electron chi connectivity index (χ0n) is 20.6. The number of hydrogen-bond acceptors (Lipinski definition) is 4. The third kappa shape index (κ3) is 5.91. The van der Waals surface area contributed by atoms with Gasteiger partial charge in [0.05, 0.1) is 28.9 Å². The molecule has 4 aromatic rings. The molecule has 4 rings (SSSR count). The van der Waals surface area contributed by atoms with Crippen LogP contribution in [0, 0.1) is 11.6 Å². The van der Waals surface area contributed by atoms with Crippen LogP contribution >= 0.6 is 35.0 Å². The highest BCUT2D eigenvalue weighted by molar-refractivity contribution is 7.98. The Hall–Kier alpha value is -2.84. The lowest BCUT2D eigenvalue weighted by atomic mass is 9.79. The highest BCUT2D eigenvalue weighted by Crippen LogP contribution is 2.40. The second kappa shape index (κ2) is 12.3. The smallest absolute Gasteiger partial charge is 0.173 e. The summed E-state index contributed by atoms with van der Waals surface area (Å²) in [5, 5.41) is 10.5. The van der Waals surface area contributed by atoms with Crippen molar-refractivity contribution >= 4 is 35.0 Å². The van der Waals surface area contributed by atoms with Gasteiger partial charge in [-0.25, -0.2) is 13.8 Å². The fraction of sp³-hybridized carbons (Fsp3) is 0.207. The van der Waals surface area contributed by atoms with Crippen molar-refractivity contribution < 1.29 is 18.6 Å². The van der Waals surface area contributed by atoms with E-state index in [2.05, 4.69) is 11.6 Å². The number of benzene rings is 3. The molecule has 0 saturated heterocycles. The third-order valence-electron chi connectivity index (χ3n) is 6.25. The summed E-state index contributed by atoms with van der Waals surface area (Å²) in [4.78, 5) is 4.66. The molecule has 9 heteroatoms. The molecule has 1 aromatic heterocycles. The van der Waals surface area contributed by atoms with Gasteiger partial charge in [-0.1, -0.05) is 53.2 Å². The molecule has 1 atom stereocenters. The van der Waals surface area contributed by atoms with Crippen LogP contribution in [-0.2, 0) is 11.2 Å². The summed E-state index contributed by atoms with van der Waals surface area (Å²) in [7, 11) is 0. The highest BCUT2D eigenvalue weighted by atomic mass is 35.5. The van der Waals surface area contributed by atoms with Gasteiger partial charge < -0.3 is 9.84 Å². The van der Waals surface area contributed by atoms with Crippen LogP contribution < -0.4 is 4.74 Å². The largest absolute Gasteiger partial charge is 0.492 e. The first-order valence-electron chi connectivity index (χ1n) is 11.9. The highest BCUT2D eigenvalue weighted by Gasteiger charge is 2.32. The Labute approximate surface area is 234 Å². The number of thioether (sulfide) groups is 1. The SMILES string of the molecule is C=CC(C)(c1ccc(Cl)c(OCCCO)c1)c1cnc(SCc2c(F)cccc2Cl)n1-c1ccc(F)cc1. The van der Waals surface area contributed by atoms with Crippen molar-refractivity contribution in [1.29, 1.82) is 0 Å². The Bertz CT molecular complexity index is 1410. The molecular formula is C29H26Cl2F2N2O2S. The van der Waals surface area contributed by atoms with Crippen LogP contribution in [0.4, 0.5) is 8.78 Å². The summed E-state index contributed by atoms with van der Waals surface area (Å²) in [5.41, 5.74) is 1.89. The maximum absolute atomic E-state index is 14.5. The van der Waals surface area contributed by atoms with Crippen LogP contribution in [0.2, 0.25) is 10.0 Å². The summed E-state index contributed by atoms with van der Waals surface area (Å²) in [6.07, 6.45) is 4.01. The Morgan fingerprint density at radius 1 is 1.11 bits per heavy atom. The monoisotopic (exact) mass is 574 g/mol. The van der Waals surface area contributed by atoms with Crippen LogP contribution in [0.3, 0.4) is 0 Å². The maximum Gasteiger partial charge on any atom is 0.173 e. The Balaban J connectivity index is 1.79. The van der Waals surface area contributed by atoms with Gasteiger partial charge in [0.1, 0.15) is 17.4 Å². The van der Waals surface area contributed by atoms with Crippen LogP contribution in [0.5, 0.6) is 5.75 Å². The molecule has 0 aliphatic carbocycles. The number of aliphatic hydroxyl groups is 1. The van der Waals surface area contributed by atoms with Crippen molar-refractivity contribution in [2.45, 2.75) is 29.7 Å². The van der Waals surface area contributed by atoms with Crippen LogP contribution in [-0.4, -0.2) is 27.9 Å². The molecule has 1 N–H and O–H groups in total. The molecule has 38 heavy (non-hydrogen) atoms. The minimum atomic E-state index is -0.768. The summed E-state index contributed by atoms with van der Waals surface area (Å²) >= 11 is 13.9. The van der Waals surface area contributed by atoms with E-state index in [4.69, 9.17) is 33.0 Å². The van der Waals surface area contributed by atoms with E-state index < -0.39 is 11.2 Å². The summed E-state index contributed by atoms with van der Waals surface area (Å²) in [6, 6.07) is 16.1. The molecule has 0 fully saturated rings. The van der Waals surface area contributed by atoms with Gasteiger partial charge in [-0.3, -0.25) is 4.57 Å². The zero-order valence-corrected chi connectivity index (χ0v) is 23.0. The van der Waals surface area contributed by atoms with Crippen molar-refractivity contribution in [2.75, 3.05) is 13.2 Å². The average Bonchev–Trinajstić information content (AvgIpc) is 3.34. The molecule has 0 bridgehead atoms. The fourth-order valence-electron chi connectivity index (χ4n) is 4.00. The van der Waals surface area contributed by atoms with Gasteiger partial charge in [-0.15, -0.1) is 6.58 Å². The number of allylic oxidation sites excluding steroid dienone is 1. The van der Waals surface area contributed by atoms with Crippen LogP contribution in [0.25, 0.3) is 5.69 Å². The van der Waals surface area contributed by atoms with Crippen molar-refractivity contribution in [3.8, 4) is 11.4 Å². The predicted octanol–water partition coefficient (Wildman–Crippen LogP) is 8.00. The molecule has 1 heterocycles. The van der Waals surface area contributed by atoms with E-state index in [-0.39, 0.29) is 18.2 Å². The lowest BCUT2D eigenvalue weighted by molar-refractivity contribution is 0.233. The molecule has 0 radical (unpaired) electrons. The van der Waals surface area contributed by atoms with E-state index in [1.165, 1.54) is 30.0 Å². The standard InChI is InChI=1S/C29H26Cl2F2N2O2S/c1-3-29(2,19-8-13-24(31)26(16-19)37-15-5-14-36)27-17-34-28(35(27)21-11-9-20(32)10-12-21)38-18-22-23(30)6-4-7-25(22)33/h3-4,6-13,16-17,36H,1,5,14-15,18H2,2H3. The van der Waals surface area contributed by atoms with E-state index in [9.17, 15) is 8.78 Å². The number of aromatic nitrogens is 2. The normalized spacial score (nSPS) is 12.8. The lowest BCUT2D eigenvalue weighted by Gasteiger charge is -2.29. The molecule has 3 aromatic carbocycles. The molecule has 1 unspecified atom stereocenters. The number of aliphatic hydroxyl groups excluding tert-OH is 1. The number of nitrogens with zero attached hydrogens (tertiary/aromatic N) is 2. The zero-order chi connectivity index (χ0) is 27.3. The average molecular weight is 576 g/mol. The second-order valence-corrected chi connectivity index (χ2v) is 10.5. The minimum Gasteiger partial charge on any atom is -0.492 e. The van der Waals surface area contributed by atoms with Gasteiger partial charge in [0.15, 0.2) is 5.16 Å². The van der Waals surface area contributed by atoms with Gasteiger partial charge in [-0.2, -0.15) is 0 Å². The maximum atomic E-state index is 14.5. The predicted molar refractivity (Wildman–Crippen MR) is 150 cm³/mol. The number of imidazole rings is 1. The van der Waals surface area contributed by atoms with Gasteiger partial charge in [-0.05, 0) is 61.0 Å². The number of rotatable bonds is 11. The molecule has 4 nitrogen and oxygen atoms in total. The van der Waals surface area contributed by atoms with Crippen molar-refractivity contribution in [1.82, 2.24) is 9.55 Å². The molecule has 198 valence electrons. The first kappa shape index (κ1) is 28.2. The Kier molecular flexibility index (Phi) is 9.15. The van der Waals surface area contributed by atoms with Crippen molar-refractivity contribution in [3.05, 3.63) is 118 Å². The van der Waals surface area contributed by atoms with Crippen LogP contribution in [0.15, 0.2) is 84.7 Å². The summed E-state index contributed by atoms with van der Waals surface area (Å²) in [6.45, 7) is 6.42. The number of hydrogen-bond donors (Lipinski definition) is 1. The van der Waals surface area contributed by atoms with Crippen molar-refractivity contribution in [3.63, 3.8) is 0 Å². The third-order valence-corrected chi connectivity index (χ3v) is 7.90. The topological polar surface area (TPSA) is 47.3 Å². The molecule has 0 saturated carbocycles. The van der Waals surface area contributed by atoms with E-state index in [0.29, 0.717) is 45.2 Å². The number of halogens is 4. The quantitative estimate of drug-likeness (QED) is 0.112. The van der Waals surface area contributed by atoms with Crippen molar-refractivity contribution in [2.24, 2.45) is 0 Å². The number of ether oxygens (including phenoxy) is 1. The second-order valence-electron chi connectivity index (χ2n) is 8.70. The van der Waals surface area contributed by atoms with Gasteiger partial charge in [0.2, 0.25) is 0 Å². The minimum absolute atomic E-state index is 0.0110. The Morgan fingerprint density at radius 3 is 2.55 bits per heavy atom. The summed E-state index contributed by atoms with van der Waals surface area (Å²) < 4.78 is 36.0. The van der Waals surface area contributed by atoms with E-state index in [1.807, 2.05) is 23.6 Å². The van der Waals surface area contributed by atoms with Gasteiger partial charge in [0.25, 0.3) is 0 Å².